The number of H-pyrrole nitrogens is 1. The Balaban J connectivity index is 0.00000149. The molecule has 2 fully saturated rings. The Morgan fingerprint density at radius 2 is 1.97 bits per heavy atom. The van der Waals surface area contributed by atoms with Crippen molar-refractivity contribution in [2.24, 2.45) is 0 Å². The van der Waals surface area contributed by atoms with Gasteiger partial charge in [0, 0.05) is 29.2 Å². The summed E-state index contributed by atoms with van der Waals surface area (Å²) in [5, 5.41) is 1.41. The Morgan fingerprint density at radius 3 is 2.58 bits per heavy atom. The van der Waals surface area contributed by atoms with E-state index in [9.17, 15) is 0 Å². The van der Waals surface area contributed by atoms with Crippen LogP contribution < -0.4 is 0 Å². The van der Waals surface area contributed by atoms with Gasteiger partial charge in [-0.15, -0.1) is 12.8 Å². The number of hydrogen-bond donors (Lipinski definition) is 1. The molecule has 0 spiro atoms. The number of nitrogens with zero attached hydrogens (tertiary/aromatic N) is 1. The molecule has 1 aromatic carbocycles. The third kappa shape index (κ3) is 5.81. The molecule has 0 saturated carbocycles. The second-order valence-corrected chi connectivity index (χ2v) is 9.62. The van der Waals surface area contributed by atoms with E-state index < -0.39 is 0 Å². The zero-order valence-electron chi connectivity index (χ0n) is 21.1. The molecule has 2 aliphatic rings. The minimum atomic E-state index is 0.484. The number of fused-ring (bicyclic) bond motifs is 1. The van der Waals surface area contributed by atoms with Gasteiger partial charge < -0.3 is 9.72 Å². The van der Waals surface area contributed by atoms with Crippen molar-refractivity contribution in [2.45, 2.75) is 77.7 Å². The smallest absolute Gasteiger partial charge is 0.0621 e. The molecule has 4 rings (SSSR count). The number of benzene rings is 1. The van der Waals surface area contributed by atoms with Gasteiger partial charge in [-0.3, -0.25) is 4.90 Å². The minimum absolute atomic E-state index is 0.484. The normalized spacial score (nSPS) is 20.9. The summed E-state index contributed by atoms with van der Waals surface area (Å²) in [6.07, 6.45) is 20.8. The molecule has 2 aromatic rings. The average Bonchev–Trinajstić information content (AvgIpc) is 3.25. The third-order valence-corrected chi connectivity index (χ3v) is 7.15. The fourth-order valence-corrected chi connectivity index (χ4v) is 5.57. The van der Waals surface area contributed by atoms with E-state index >= 15 is 0 Å². The monoisotopic (exact) mass is 446 g/mol. The number of aromatic amines is 1. The van der Waals surface area contributed by atoms with Crippen molar-refractivity contribution >= 4 is 16.5 Å². The summed E-state index contributed by atoms with van der Waals surface area (Å²) in [5.41, 5.74) is 6.87. The topological polar surface area (TPSA) is 28.3 Å². The first-order chi connectivity index (χ1) is 16.1. The highest BCUT2D eigenvalue weighted by Gasteiger charge is 2.28. The van der Waals surface area contributed by atoms with Crippen LogP contribution in [0.2, 0.25) is 0 Å². The predicted molar refractivity (Wildman–Crippen MR) is 143 cm³/mol. The lowest BCUT2D eigenvalue weighted by Gasteiger charge is -2.39. The Bertz CT molecular complexity index is 964. The summed E-state index contributed by atoms with van der Waals surface area (Å²) >= 11 is 0. The van der Waals surface area contributed by atoms with E-state index in [2.05, 4.69) is 86.9 Å². The number of rotatable bonds is 6. The van der Waals surface area contributed by atoms with E-state index in [0.717, 1.165) is 19.6 Å². The maximum atomic E-state index is 5.73. The molecule has 0 aliphatic carbocycles. The second kappa shape index (κ2) is 12.3. The molecule has 33 heavy (non-hydrogen) atoms. The van der Waals surface area contributed by atoms with Gasteiger partial charge in [0.1, 0.15) is 0 Å². The lowest BCUT2D eigenvalue weighted by atomic mass is 9.86. The summed E-state index contributed by atoms with van der Waals surface area (Å²) < 4.78 is 5.73. The molecule has 3 heteroatoms. The molecule has 2 aliphatic heterocycles. The van der Waals surface area contributed by atoms with Crippen LogP contribution >= 0.6 is 0 Å². The van der Waals surface area contributed by atoms with Crippen LogP contribution in [0.25, 0.3) is 16.5 Å². The van der Waals surface area contributed by atoms with Crippen molar-refractivity contribution in [2.75, 3.05) is 26.3 Å². The van der Waals surface area contributed by atoms with Gasteiger partial charge in [-0.05, 0) is 92.8 Å². The number of allylic oxidation sites excluding steroid dienone is 4. The molecule has 1 unspecified atom stereocenters. The van der Waals surface area contributed by atoms with E-state index in [-0.39, 0.29) is 0 Å². The number of piperidine rings is 1. The first-order valence-corrected chi connectivity index (χ1v) is 12.8. The number of hydrogen-bond acceptors (Lipinski definition) is 2. The van der Waals surface area contributed by atoms with Crippen molar-refractivity contribution in [3.05, 3.63) is 53.2 Å². The standard InChI is InChI=1S/C28H40N2O.C2H2/c1-5-8-22(9-6-2)28-27(20(3)4)25-18-23(11-12-26(25)29-28)21-13-15-30(16-14-21)24-10-7-17-31-19-24;1-2/h5,8-9,11-12,18,20-21,24,29H,6-7,10,13-17,19H2,1-4H3;1-2H/b8-5-,22-9+;. The van der Waals surface area contributed by atoms with Gasteiger partial charge >= 0.3 is 0 Å². The zero-order valence-corrected chi connectivity index (χ0v) is 21.1. The molecule has 2 saturated heterocycles. The second-order valence-electron chi connectivity index (χ2n) is 9.62. The highest BCUT2D eigenvalue weighted by molar-refractivity contribution is 5.92. The van der Waals surface area contributed by atoms with E-state index in [1.54, 1.807) is 0 Å². The number of ether oxygens (including phenoxy) is 1. The molecule has 1 N–H and O–H groups in total. The molecule has 1 atom stereocenters. The van der Waals surface area contributed by atoms with Crippen molar-refractivity contribution in [1.82, 2.24) is 9.88 Å². The fourth-order valence-electron chi connectivity index (χ4n) is 5.57. The van der Waals surface area contributed by atoms with Crippen LogP contribution in [0.5, 0.6) is 0 Å². The number of terminal acetylenes is 1. The van der Waals surface area contributed by atoms with Crippen molar-refractivity contribution in [3.8, 4) is 12.8 Å². The summed E-state index contributed by atoms with van der Waals surface area (Å²) in [4.78, 5) is 6.44. The molecule has 0 bridgehead atoms. The highest BCUT2D eigenvalue weighted by atomic mass is 16.5. The summed E-state index contributed by atoms with van der Waals surface area (Å²) in [7, 11) is 0. The van der Waals surface area contributed by atoms with Gasteiger partial charge in [0.25, 0.3) is 0 Å². The van der Waals surface area contributed by atoms with Gasteiger partial charge in [0.2, 0.25) is 0 Å². The SMILES string of the molecule is C#C.C/C=C\C(=C/CC)c1[nH]c2ccc(C3CCN(C4CCCOC4)CC3)cc2c1C(C)C. The van der Waals surface area contributed by atoms with Crippen LogP contribution in [-0.4, -0.2) is 42.2 Å². The van der Waals surface area contributed by atoms with E-state index in [1.807, 2.05) is 0 Å². The Kier molecular flexibility index (Phi) is 9.41. The molecule has 178 valence electrons. The van der Waals surface area contributed by atoms with Crippen LogP contribution in [0.15, 0.2) is 36.4 Å². The Morgan fingerprint density at radius 1 is 1.21 bits per heavy atom. The van der Waals surface area contributed by atoms with Gasteiger partial charge in [0.05, 0.1) is 6.61 Å². The third-order valence-electron chi connectivity index (χ3n) is 7.15. The molecule has 0 amide bonds. The molecular weight excluding hydrogens is 404 g/mol. The first-order valence-electron chi connectivity index (χ1n) is 12.8. The van der Waals surface area contributed by atoms with Gasteiger partial charge in [-0.25, -0.2) is 0 Å². The Hall–Kier alpha value is -2.28. The predicted octanol–water partition coefficient (Wildman–Crippen LogP) is 7.27. The lowest BCUT2D eigenvalue weighted by molar-refractivity contribution is 0.00886. The Labute approximate surface area is 201 Å². The van der Waals surface area contributed by atoms with Crippen molar-refractivity contribution < 1.29 is 4.74 Å². The molecule has 3 nitrogen and oxygen atoms in total. The van der Waals surface area contributed by atoms with Gasteiger partial charge in [-0.1, -0.05) is 45.1 Å². The lowest BCUT2D eigenvalue weighted by Crippen LogP contribution is -2.45. The van der Waals surface area contributed by atoms with Crippen LogP contribution in [0.3, 0.4) is 0 Å². The molecule has 0 radical (unpaired) electrons. The van der Waals surface area contributed by atoms with E-state index in [0.29, 0.717) is 17.9 Å². The summed E-state index contributed by atoms with van der Waals surface area (Å²) in [5.74, 6) is 1.15. The molecule has 1 aromatic heterocycles. The number of nitrogens with one attached hydrogen (secondary N) is 1. The van der Waals surface area contributed by atoms with Crippen molar-refractivity contribution in [1.29, 1.82) is 0 Å². The van der Waals surface area contributed by atoms with Crippen LogP contribution in [0.4, 0.5) is 0 Å². The fraction of sp³-hybridized carbons (Fsp3) is 0.533. The first kappa shape index (κ1) is 25.3. The maximum absolute atomic E-state index is 5.73. The quantitative estimate of drug-likeness (QED) is 0.373. The average molecular weight is 447 g/mol. The minimum Gasteiger partial charge on any atom is -0.380 e. The summed E-state index contributed by atoms with van der Waals surface area (Å²) in [6, 6.07) is 7.83. The number of aromatic nitrogens is 1. The van der Waals surface area contributed by atoms with E-state index in [1.165, 1.54) is 72.1 Å². The van der Waals surface area contributed by atoms with E-state index in [4.69, 9.17) is 4.74 Å². The van der Waals surface area contributed by atoms with Crippen LogP contribution in [0, 0.1) is 12.8 Å². The molecule has 3 heterocycles. The van der Waals surface area contributed by atoms with Gasteiger partial charge in [0.15, 0.2) is 0 Å². The highest BCUT2D eigenvalue weighted by Crippen LogP contribution is 2.37. The van der Waals surface area contributed by atoms with Crippen LogP contribution in [0.1, 0.15) is 88.5 Å². The maximum Gasteiger partial charge on any atom is 0.0621 e. The largest absolute Gasteiger partial charge is 0.380 e. The van der Waals surface area contributed by atoms with Gasteiger partial charge in [-0.2, -0.15) is 0 Å². The zero-order chi connectivity index (χ0) is 23.8. The molecular formula is C30H42N2O. The van der Waals surface area contributed by atoms with Crippen molar-refractivity contribution in [3.63, 3.8) is 0 Å². The summed E-state index contributed by atoms with van der Waals surface area (Å²) in [6.45, 7) is 13.3. The van der Waals surface area contributed by atoms with Crippen LogP contribution in [-0.2, 0) is 4.74 Å². The number of likely N-dealkylation sites (tertiary alicyclic amines) is 1.